The lowest BCUT2D eigenvalue weighted by Crippen LogP contribution is -2.26. The number of aliphatic hydroxyl groups excluding tert-OH is 1. The minimum absolute atomic E-state index is 0.0702. The Morgan fingerprint density at radius 3 is 2.67 bits per heavy atom. The van der Waals surface area contributed by atoms with Crippen LogP contribution in [0.4, 0.5) is 5.95 Å². The standard InChI is InChI=1S/C26H34N6O/c1-19-7-8-21(16-20(19)2)18-31-13-5-6-24(31)25-22(17-28-32(25)14-15-33)23-9-10-27-26(29-23)30-11-3-4-12-30/h7-10,16-17,24,33H,3-6,11-15,18H2,1-2H3/t24-/m1/s1. The summed E-state index contributed by atoms with van der Waals surface area (Å²) < 4.78 is 1.98. The Balaban J connectivity index is 1.48. The van der Waals surface area contributed by atoms with Crippen LogP contribution in [0.2, 0.25) is 0 Å². The molecule has 7 heteroatoms. The summed E-state index contributed by atoms with van der Waals surface area (Å²) in [5.74, 6) is 0.810. The minimum Gasteiger partial charge on any atom is -0.394 e. The van der Waals surface area contributed by atoms with E-state index < -0.39 is 0 Å². The van der Waals surface area contributed by atoms with E-state index in [4.69, 9.17) is 4.98 Å². The number of rotatable bonds is 7. The fourth-order valence-electron chi connectivity index (χ4n) is 5.25. The topological polar surface area (TPSA) is 70.3 Å². The van der Waals surface area contributed by atoms with Crippen LogP contribution in [0.3, 0.4) is 0 Å². The minimum atomic E-state index is 0.0702. The molecule has 0 spiro atoms. The largest absolute Gasteiger partial charge is 0.394 e. The predicted octanol–water partition coefficient (Wildman–Crippen LogP) is 3.89. The van der Waals surface area contributed by atoms with Gasteiger partial charge in [-0.3, -0.25) is 9.58 Å². The van der Waals surface area contributed by atoms with Crippen LogP contribution < -0.4 is 4.90 Å². The highest BCUT2D eigenvalue weighted by molar-refractivity contribution is 5.63. The number of aromatic nitrogens is 4. The Labute approximate surface area is 196 Å². The van der Waals surface area contributed by atoms with Gasteiger partial charge in [0.25, 0.3) is 0 Å². The third-order valence-electron chi connectivity index (χ3n) is 7.14. The van der Waals surface area contributed by atoms with Crippen molar-refractivity contribution in [2.45, 2.75) is 58.7 Å². The quantitative estimate of drug-likeness (QED) is 0.594. The van der Waals surface area contributed by atoms with Gasteiger partial charge >= 0.3 is 0 Å². The summed E-state index contributed by atoms with van der Waals surface area (Å²) in [6.45, 7) is 8.92. The number of hydrogen-bond donors (Lipinski definition) is 1. The summed E-state index contributed by atoms with van der Waals surface area (Å²) in [7, 11) is 0. The second-order valence-corrected chi connectivity index (χ2v) is 9.37. The van der Waals surface area contributed by atoms with Gasteiger partial charge in [0.2, 0.25) is 5.95 Å². The molecule has 0 amide bonds. The highest BCUT2D eigenvalue weighted by atomic mass is 16.3. The van der Waals surface area contributed by atoms with E-state index in [-0.39, 0.29) is 12.6 Å². The van der Waals surface area contributed by atoms with E-state index in [1.165, 1.54) is 29.5 Å². The molecule has 2 aromatic heterocycles. The number of hydrogen-bond acceptors (Lipinski definition) is 6. The van der Waals surface area contributed by atoms with Crippen LogP contribution >= 0.6 is 0 Å². The van der Waals surface area contributed by atoms with Crippen LogP contribution in [-0.2, 0) is 13.1 Å². The maximum absolute atomic E-state index is 9.71. The number of benzene rings is 1. The van der Waals surface area contributed by atoms with Crippen LogP contribution in [0.15, 0.2) is 36.7 Å². The lowest BCUT2D eigenvalue weighted by Gasteiger charge is -2.27. The zero-order valence-corrected chi connectivity index (χ0v) is 19.7. The van der Waals surface area contributed by atoms with Crippen molar-refractivity contribution in [2.24, 2.45) is 0 Å². The van der Waals surface area contributed by atoms with Gasteiger partial charge in [-0.2, -0.15) is 5.10 Å². The first-order valence-corrected chi connectivity index (χ1v) is 12.2. The molecule has 2 fully saturated rings. The maximum atomic E-state index is 9.71. The van der Waals surface area contributed by atoms with Gasteiger partial charge in [0.05, 0.1) is 36.8 Å². The molecule has 0 radical (unpaired) electrons. The van der Waals surface area contributed by atoms with E-state index in [0.29, 0.717) is 6.54 Å². The fourth-order valence-corrected chi connectivity index (χ4v) is 5.25. The molecular formula is C26H34N6O. The van der Waals surface area contributed by atoms with Gasteiger partial charge in [-0.15, -0.1) is 0 Å². The van der Waals surface area contributed by atoms with Crippen molar-refractivity contribution >= 4 is 5.95 Å². The highest BCUT2D eigenvalue weighted by Crippen LogP contribution is 2.38. The molecule has 1 atom stereocenters. The smallest absolute Gasteiger partial charge is 0.225 e. The number of anilines is 1. The van der Waals surface area contributed by atoms with Crippen LogP contribution in [0.25, 0.3) is 11.3 Å². The third kappa shape index (κ3) is 4.52. The summed E-state index contributed by atoms with van der Waals surface area (Å²) in [6.07, 6.45) is 8.42. The molecule has 2 aliphatic heterocycles. The van der Waals surface area contributed by atoms with Crippen molar-refractivity contribution in [3.05, 3.63) is 59.0 Å². The zero-order chi connectivity index (χ0) is 22.8. The number of nitrogens with zero attached hydrogens (tertiary/aromatic N) is 6. The van der Waals surface area contributed by atoms with E-state index in [1.807, 2.05) is 23.1 Å². The first-order chi connectivity index (χ1) is 16.1. The summed E-state index contributed by atoms with van der Waals surface area (Å²) in [6, 6.07) is 9.02. The molecule has 0 aliphatic carbocycles. The first kappa shape index (κ1) is 22.0. The van der Waals surface area contributed by atoms with E-state index in [9.17, 15) is 5.11 Å². The Morgan fingerprint density at radius 1 is 1.03 bits per heavy atom. The summed E-state index contributed by atoms with van der Waals surface area (Å²) in [5, 5.41) is 14.4. The molecule has 5 rings (SSSR count). The molecule has 174 valence electrons. The Morgan fingerprint density at radius 2 is 1.88 bits per heavy atom. The molecule has 1 N–H and O–H groups in total. The third-order valence-corrected chi connectivity index (χ3v) is 7.14. The monoisotopic (exact) mass is 446 g/mol. The van der Waals surface area contributed by atoms with Crippen LogP contribution in [0, 0.1) is 13.8 Å². The van der Waals surface area contributed by atoms with Crippen molar-refractivity contribution in [1.29, 1.82) is 0 Å². The lowest BCUT2D eigenvalue weighted by molar-refractivity contribution is 0.226. The van der Waals surface area contributed by atoms with Crippen molar-refractivity contribution < 1.29 is 5.11 Å². The Hall–Kier alpha value is -2.77. The summed E-state index contributed by atoms with van der Waals surface area (Å²) >= 11 is 0. The molecule has 2 saturated heterocycles. The molecule has 0 unspecified atom stereocenters. The SMILES string of the molecule is Cc1ccc(CN2CCC[C@@H]2c2c(-c3ccnc(N4CCCC4)n3)cnn2CCO)cc1C. The molecular weight excluding hydrogens is 412 g/mol. The van der Waals surface area contributed by atoms with Crippen LogP contribution in [-0.4, -0.2) is 56.0 Å². The van der Waals surface area contributed by atoms with E-state index >= 15 is 0 Å². The van der Waals surface area contributed by atoms with Gasteiger partial charge in [-0.05, 0) is 68.8 Å². The van der Waals surface area contributed by atoms with Gasteiger partial charge in [0.15, 0.2) is 0 Å². The van der Waals surface area contributed by atoms with Crippen molar-refractivity contribution in [3.8, 4) is 11.3 Å². The van der Waals surface area contributed by atoms with Crippen molar-refractivity contribution in [1.82, 2.24) is 24.6 Å². The molecule has 2 aliphatic rings. The normalized spacial score (nSPS) is 19.0. The van der Waals surface area contributed by atoms with Crippen molar-refractivity contribution in [2.75, 3.05) is 31.1 Å². The summed E-state index contributed by atoms with van der Waals surface area (Å²) in [4.78, 5) is 14.3. The molecule has 7 nitrogen and oxygen atoms in total. The second kappa shape index (κ2) is 9.61. The fraction of sp³-hybridized carbons (Fsp3) is 0.500. The van der Waals surface area contributed by atoms with Gasteiger partial charge < -0.3 is 10.0 Å². The van der Waals surface area contributed by atoms with Crippen LogP contribution in [0.5, 0.6) is 0 Å². The Bertz CT molecular complexity index is 1100. The highest BCUT2D eigenvalue weighted by Gasteiger charge is 2.32. The van der Waals surface area contributed by atoms with E-state index in [0.717, 1.165) is 61.9 Å². The average Bonchev–Trinajstić information content (AvgIpc) is 3.58. The maximum Gasteiger partial charge on any atom is 0.225 e. The molecule has 0 saturated carbocycles. The second-order valence-electron chi connectivity index (χ2n) is 9.37. The van der Waals surface area contributed by atoms with E-state index in [1.54, 1.807) is 0 Å². The first-order valence-electron chi connectivity index (χ1n) is 12.2. The molecule has 0 bridgehead atoms. The molecule has 3 aromatic rings. The average molecular weight is 447 g/mol. The molecule has 4 heterocycles. The van der Waals surface area contributed by atoms with Crippen molar-refractivity contribution in [3.63, 3.8) is 0 Å². The van der Waals surface area contributed by atoms with E-state index in [2.05, 4.69) is 51.9 Å². The van der Waals surface area contributed by atoms with Gasteiger partial charge in [0.1, 0.15) is 0 Å². The van der Waals surface area contributed by atoms with Gasteiger partial charge in [-0.25, -0.2) is 9.97 Å². The van der Waals surface area contributed by atoms with Gasteiger partial charge in [-0.1, -0.05) is 18.2 Å². The van der Waals surface area contributed by atoms with Crippen LogP contribution in [0.1, 0.15) is 54.1 Å². The lowest BCUT2D eigenvalue weighted by atomic mass is 10.0. The molecule has 33 heavy (non-hydrogen) atoms. The summed E-state index contributed by atoms with van der Waals surface area (Å²) in [5.41, 5.74) is 7.16. The number of aryl methyl sites for hydroxylation is 2. The molecule has 1 aromatic carbocycles. The predicted molar refractivity (Wildman–Crippen MR) is 130 cm³/mol. The Kier molecular flexibility index (Phi) is 6.42. The zero-order valence-electron chi connectivity index (χ0n) is 19.7. The number of likely N-dealkylation sites (tertiary alicyclic amines) is 1. The van der Waals surface area contributed by atoms with Gasteiger partial charge in [0, 0.05) is 31.4 Å². The number of aliphatic hydroxyl groups is 1.